The smallest absolute Gasteiger partial charge is 0.411 e. The van der Waals surface area contributed by atoms with Crippen molar-refractivity contribution in [1.82, 2.24) is 4.90 Å². The van der Waals surface area contributed by atoms with E-state index in [0.717, 1.165) is 25.0 Å². The second kappa shape index (κ2) is 13.0. The molecule has 1 aliphatic carbocycles. The van der Waals surface area contributed by atoms with E-state index in [1.807, 2.05) is 22.7 Å². The molecule has 1 amide bonds. The molecule has 2 aromatic heterocycles. The Morgan fingerprint density at radius 1 is 1.08 bits per heavy atom. The molecule has 39 heavy (non-hydrogen) atoms. The standard InChI is InChI=1S/C27H30F2N2O6S2/c1-31(10-11-36-26(34)30-22-15-20(28)17(16-32)14-21(22)29)18-6-8-19(9-7-18)37-25(33)27(35,23-4-2-12-38-23)24-5-3-13-39-24/h2-5,12-15,18-19,32,35H,6-11,16H2,1H3,(H,30,34). The Bertz CT molecular complexity index is 1210. The van der Waals surface area contributed by atoms with Gasteiger partial charge in [0.25, 0.3) is 0 Å². The van der Waals surface area contributed by atoms with E-state index >= 15 is 0 Å². The van der Waals surface area contributed by atoms with Crippen molar-refractivity contribution in [3.05, 3.63) is 74.1 Å². The van der Waals surface area contributed by atoms with Crippen molar-refractivity contribution in [3.63, 3.8) is 0 Å². The second-order valence-electron chi connectivity index (χ2n) is 9.32. The lowest BCUT2D eigenvalue weighted by atomic mass is 9.91. The Morgan fingerprint density at radius 3 is 2.28 bits per heavy atom. The van der Waals surface area contributed by atoms with E-state index in [1.54, 1.807) is 24.3 Å². The van der Waals surface area contributed by atoms with Crippen molar-refractivity contribution in [2.45, 2.75) is 50.0 Å². The van der Waals surface area contributed by atoms with Crippen molar-refractivity contribution < 1.29 is 38.1 Å². The monoisotopic (exact) mass is 580 g/mol. The van der Waals surface area contributed by atoms with Gasteiger partial charge in [0.1, 0.15) is 24.3 Å². The van der Waals surface area contributed by atoms with E-state index in [-0.39, 0.29) is 30.0 Å². The zero-order valence-corrected chi connectivity index (χ0v) is 22.9. The highest BCUT2D eigenvalue weighted by atomic mass is 32.1. The van der Waals surface area contributed by atoms with Gasteiger partial charge in [0.2, 0.25) is 5.60 Å². The van der Waals surface area contributed by atoms with Gasteiger partial charge in [-0.05, 0) is 61.7 Å². The number of thiophene rings is 2. The lowest BCUT2D eigenvalue weighted by Gasteiger charge is -2.35. The molecule has 1 aliphatic rings. The number of hydrogen-bond acceptors (Lipinski definition) is 9. The van der Waals surface area contributed by atoms with Gasteiger partial charge < -0.3 is 24.6 Å². The maximum Gasteiger partial charge on any atom is 0.411 e. The summed E-state index contributed by atoms with van der Waals surface area (Å²) < 4.78 is 38.7. The topological polar surface area (TPSA) is 108 Å². The molecule has 0 aliphatic heterocycles. The second-order valence-corrected chi connectivity index (χ2v) is 11.2. The fourth-order valence-electron chi connectivity index (χ4n) is 4.55. The van der Waals surface area contributed by atoms with Crippen LogP contribution in [0.3, 0.4) is 0 Å². The van der Waals surface area contributed by atoms with Crippen LogP contribution >= 0.6 is 22.7 Å². The molecule has 1 saturated carbocycles. The maximum absolute atomic E-state index is 14.0. The minimum atomic E-state index is -1.83. The number of nitrogens with zero attached hydrogens (tertiary/aromatic N) is 1. The van der Waals surface area contributed by atoms with E-state index in [2.05, 4.69) is 5.32 Å². The number of rotatable bonds is 10. The van der Waals surface area contributed by atoms with E-state index in [1.165, 1.54) is 22.7 Å². The van der Waals surface area contributed by atoms with E-state index < -0.39 is 35.9 Å². The minimum absolute atomic E-state index is 0.0325. The van der Waals surface area contributed by atoms with Crippen LogP contribution in [0, 0.1) is 11.6 Å². The Labute approximate surface area is 232 Å². The lowest BCUT2D eigenvalue weighted by Crippen LogP contribution is -2.42. The number of likely N-dealkylation sites (N-methyl/N-ethyl adjacent to an activating group) is 1. The first kappa shape index (κ1) is 29.1. The highest BCUT2D eigenvalue weighted by molar-refractivity contribution is 7.12. The molecular weight excluding hydrogens is 550 g/mol. The molecular formula is C27H30F2N2O6S2. The van der Waals surface area contributed by atoms with Crippen LogP contribution in [0.25, 0.3) is 0 Å². The number of ether oxygens (including phenoxy) is 2. The summed E-state index contributed by atoms with van der Waals surface area (Å²) in [5.74, 6) is -2.39. The quantitative estimate of drug-likeness (QED) is 0.294. The van der Waals surface area contributed by atoms with Crippen LogP contribution in [-0.4, -0.2) is 59.5 Å². The molecule has 0 spiro atoms. The van der Waals surface area contributed by atoms with Crippen molar-refractivity contribution in [1.29, 1.82) is 0 Å². The first-order valence-electron chi connectivity index (χ1n) is 12.5. The van der Waals surface area contributed by atoms with Crippen LogP contribution in [0.4, 0.5) is 19.3 Å². The molecule has 1 fully saturated rings. The number of carbonyl (C=O) groups is 2. The first-order valence-corrected chi connectivity index (χ1v) is 14.2. The van der Waals surface area contributed by atoms with Gasteiger partial charge in [-0.25, -0.2) is 18.4 Å². The number of aliphatic hydroxyl groups excluding tert-OH is 1. The van der Waals surface area contributed by atoms with E-state index in [9.17, 15) is 23.5 Å². The third-order valence-corrected chi connectivity index (χ3v) is 8.77. The average molecular weight is 581 g/mol. The minimum Gasteiger partial charge on any atom is -0.460 e. The van der Waals surface area contributed by atoms with E-state index in [0.29, 0.717) is 29.1 Å². The molecule has 12 heteroatoms. The number of aliphatic hydroxyl groups is 2. The number of amides is 1. The zero-order chi connectivity index (χ0) is 28.0. The maximum atomic E-state index is 14.0. The number of anilines is 1. The van der Waals surface area contributed by atoms with Crippen LogP contribution in [0.5, 0.6) is 0 Å². The number of carbonyl (C=O) groups excluding carboxylic acids is 2. The fraction of sp³-hybridized carbons (Fsp3) is 0.407. The summed E-state index contributed by atoms with van der Waals surface area (Å²) in [5.41, 5.74) is -2.41. The van der Waals surface area contributed by atoms with E-state index in [4.69, 9.17) is 14.6 Å². The summed E-state index contributed by atoms with van der Waals surface area (Å²) in [7, 11) is 1.90. The number of halogens is 2. The molecule has 0 radical (unpaired) electrons. The van der Waals surface area contributed by atoms with Crippen molar-refractivity contribution >= 4 is 40.4 Å². The summed E-state index contributed by atoms with van der Waals surface area (Å²) in [6.45, 7) is -0.208. The first-order chi connectivity index (χ1) is 18.7. The highest BCUT2D eigenvalue weighted by Crippen LogP contribution is 2.38. The highest BCUT2D eigenvalue weighted by Gasteiger charge is 2.45. The summed E-state index contributed by atoms with van der Waals surface area (Å²) in [5, 5.41) is 26.2. The van der Waals surface area contributed by atoms with Gasteiger partial charge in [-0.3, -0.25) is 5.32 Å². The lowest BCUT2D eigenvalue weighted by molar-refractivity contribution is -0.169. The predicted molar refractivity (Wildman–Crippen MR) is 144 cm³/mol. The Morgan fingerprint density at radius 2 is 1.72 bits per heavy atom. The number of hydrogen-bond donors (Lipinski definition) is 3. The van der Waals surface area contributed by atoms with Crippen molar-refractivity contribution in [2.24, 2.45) is 0 Å². The summed E-state index contributed by atoms with van der Waals surface area (Å²) in [6.07, 6.45) is 1.52. The third-order valence-electron chi connectivity index (χ3n) is 6.81. The number of benzene rings is 1. The average Bonchev–Trinajstić information content (AvgIpc) is 3.66. The third kappa shape index (κ3) is 6.82. The van der Waals surface area contributed by atoms with Gasteiger partial charge in [0.05, 0.1) is 22.0 Å². The summed E-state index contributed by atoms with van der Waals surface area (Å²) >= 11 is 2.60. The SMILES string of the molecule is CN(CCOC(=O)Nc1cc(F)c(CO)cc1F)C1CCC(OC(=O)C(O)(c2cccs2)c2cccs2)CC1. The molecule has 8 nitrogen and oxygen atoms in total. The summed E-state index contributed by atoms with van der Waals surface area (Å²) in [6, 6.07) is 8.81. The van der Waals surface area contributed by atoms with Gasteiger partial charge in [0, 0.05) is 24.2 Å². The molecule has 0 unspecified atom stereocenters. The molecule has 0 bridgehead atoms. The normalized spacial score (nSPS) is 17.7. The largest absolute Gasteiger partial charge is 0.460 e. The van der Waals surface area contributed by atoms with Gasteiger partial charge in [-0.15, -0.1) is 22.7 Å². The summed E-state index contributed by atoms with van der Waals surface area (Å²) in [4.78, 5) is 28.3. The molecule has 2 heterocycles. The molecule has 0 atom stereocenters. The molecule has 3 aromatic rings. The van der Waals surface area contributed by atoms with Crippen molar-refractivity contribution in [3.8, 4) is 0 Å². The molecule has 3 N–H and O–H groups in total. The van der Waals surface area contributed by atoms with Crippen LogP contribution in [0.1, 0.15) is 41.0 Å². The van der Waals surface area contributed by atoms with Crippen LogP contribution in [-0.2, 0) is 26.5 Å². The molecule has 4 rings (SSSR count). The van der Waals surface area contributed by atoms with Gasteiger partial charge >= 0.3 is 12.1 Å². The zero-order valence-electron chi connectivity index (χ0n) is 21.3. The molecule has 1 aromatic carbocycles. The predicted octanol–water partition coefficient (Wildman–Crippen LogP) is 4.85. The Kier molecular flexibility index (Phi) is 9.67. The van der Waals surface area contributed by atoms with Crippen LogP contribution in [0.15, 0.2) is 47.2 Å². The van der Waals surface area contributed by atoms with Crippen LogP contribution < -0.4 is 5.32 Å². The fourth-order valence-corrected chi connectivity index (χ4v) is 6.26. The molecule has 210 valence electrons. The Balaban J connectivity index is 1.22. The molecule has 0 saturated heterocycles. The van der Waals surface area contributed by atoms with Gasteiger partial charge in [-0.2, -0.15) is 0 Å². The van der Waals surface area contributed by atoms with Crippen molar-refractivity contribution in [2.75, 3.05) is 25.5 Å². The number of nitrogens with one attached hydrogen (secondary N) is 1. The number of esters is 1. The van der Waals surface area contributed by atoms with Crippen LogP contribution in [0.2, 0.25) is 0 Å². The van der Waals surface area contributed by atoms with Gasteiger partial charge in [0.15, 0.2) is 0 Å². The Hall–Kier alpha value is -2.90. The van der Waals surface area contributed by atoms with Gasteiger partial charge in [-0.1, -0.05) is 12.1 Å².